The van der Waals surface area contributed by atoms with E-state index in [0.29, 0.717) is 0 Å². The SMILES string of the molecule is Nc1nc2c(ncn2[C@@H]2O[C@H](COP(=O)(O)O[C@H]3C(O)[C@@H](COP(=O)(O)O)O[C@H]3n3cnc4c(N)ncnc43)C(O)[C@@H]2O)c(=O)[nH]1. The summed E-state index contributed by atoms with van der Waals surface area (Å²) in [4.78, 5) is 63.0. The summed E-state index contributed by atoms with van der Waals surface area (Å²) in [5.74, 6) is -0.278. The van der Waals surface area contributed by atoms with E-state index >= 15 is 0 Å². The quantitative estimate of drug-likeness (QED) is 0.0731. The average Bonchev–Trinajstić information content (AvgIpc) is 3.73. The number of phosphoric ester groups is 2. The molecule has 6 rings (SSSR count). The van der Waals surface area contributed by atoms with E-state index in [2.05, 4.69) is 34.4 Å². The number of imidazole rings is 2. The van der Waals surface area contributed by atoms with Crippen molar-refractivity contribution >= 4 is 49.7 Å². The van der Waals surface area contributed by atoms with Gasteiger partial charge in [0.2, 0.25) is 5.95 Å². The highest BCUT2D eigenvalue weighted by atomic mass is 31.2. The van der Waals surface area contributed by atoms with Crippen molar-refractivity contribution in [3.8, 4) is 0 Å². The lowest BCUT2D eigenvalue weighted by Gasteiger charge is -2.25. The highest BCUT2D eigenvalue weighted by Crippen LogP contribution is 2.50. The first-order chi connectivity index (χ1) is 21.6. The Hall–Kier alpha value is -3.48. The fourth-order valence-electron chi connectivity index (χ4n) is 5.00. The number of aliphatic hydroxyl groups excluding tert-OH is 3. The molecule has 4 aromatic heterocycles. The normalized spacial score (nSPS) is 30.0. The van der Waals surface area contributed by atoms with Crippen LogP contribution in [0.1, 0.15) is 12.5 Å². The molecule has 6 heterocycles. The summed E-state index contributed by atoms with van der Waals surface area (Å²) in [6.45, 7) is -1.71. The van der Waals surface area contributed by atoms with Gasteiger partial charge < -0.3 is 50.9 Å². The number of aromatic nitrogens is 8. The Morgan fingerprint density at radius 2 is 1.48 bits per heavy atom. The summed E-state index contributed by atoms with van der Waals surface area (Å²) < 4.78 is 52.7. The number of aliphatic hydroxyl groups is 3. The standard InChI is InChI=1S/C20H26N10O14P2/c21-14-8-15(24-3-23-14)29(4-25-8)19-13(11(32)7(43-19)1-40-45(35,36)37)44-46(38,39)41-2-6-10(31)12(33)18(42-6)30-5-26-9-16(30)27-20(22)28-17(9)34/h3-7,10-13,18-19,31-33H,1-2H2,(H,38,39)(H2,21,23,24)(H2,35,36,37)(H3,22,27,28,34)/t6-,7-,10?,11?,12+,13+,18-,19-/m1/s1. The van der Waals surface area contributed by atoms with Crippen molar-refractivity contribution in [3.63, 3.8) is 0 Å². The molecule has 0 saturated carbocycles. The van der Waals surface area contributed by atoms with E-state index in [1.54, 1.807) is 0 Å². The van der Waals surface area contributed by atoms with Crippen LogP contribution in [-0.4, -0.2) is 119 Å². The molecule has 46 heavy (non-hydrogen) atoms. The van der Waals surface area contributed by atoms with Crippen LogP contribution < -0.4 is 17.0 Å². The van der Waals surface area contributed by atoms with Crippen molar-refractivity contribution in [2.45, 2.75) is 49.1 Å². The van der Waals surface area contributed by atoms with Crippen molar-refractivity contribution in [3.05, 3.63) is 29.3 Å². The number of aromatic amines is 1. The van der Waals surface area contributed by atoms with E-state index in [1.807, 2.05) is 0 Å². The van der Waals surface area contributed by atoms with Crippen molar-refractivity contribution in [1.82, 2.24) is 39.0 Å². The van der Waals surface area contributed by atoms with Gasteiger partial charge in [-0.15, -0.1) is 0 Å². The van der Waals surface area contributed by atoms with Gasteiger partial charge in [-0.2, -0.15) is 4.98 Å². The predicted octanol–water partition coefficient (Wildman–Crippen LogP) is -3.39. The Kier molecular flexibility index (Phi) is 8.43. The second-order valence-electron chi connectivity index (χ2n) is 10.1. The van der Waals surface area contributed by atoms with Crippen LogP contribution in [-0.2, 0) is 32.2 Å². The third-order valence-electron chi connectivity index (χ3n) is 7.10. The molecule has 3 unspecified atom stereocenters. The van der Waals surface area contributed by atoms with Crippen LogP contribution in [0.25, 0.3) is 22.3 Å². The first-order valence-electron chi connectivity index (χ1n) is 13.0. The number of hydrogen-bond acceptors (Lipinski definition) is 18. The molecule has 2 saturated heterocycles. The van der Waals surface area contributed by atoms with Gasteiger partial charge in [0.1, 0.15) is 48.5 Å². The lowest BCUT2D eigenvalue weighted by atomic mass is 10.1. The molecule has 11 N–H and O–H groups in total. The molecule has 9 atom stereocenters. The first kappa shape index (κ1) is 32.5. The van der Waals surface area contributed by atoms with E-state index in [0.717, 1.165) is 23.5 Å². The fraction of sp³-hybridized carbons (Fsp3) is 0.500. The molecule has 0 spiro atoms. The van der Waals surface area contributed by atoms with Gasteiger partial charge in [0.15, 0.2) is 35.1 Å². The Labute approximate surface area is 254 Å². The maximum absolute atomic E-state index is 13.1. The minimum atomic E-state index is -5.19. The van der Waals surface area contributed by atoms with Gasteiger partial charge in [-0.05, 0) is 0 Å². The summed E-state index contributed by atoms with van der Waals surface area (Å²) in [5.41, 5.74) is 10.7. The number of nitrogen functional groups attached to an aromatic ring is 2. The van der Waals surface area contributed by atoms with E-state index in [4.69, 9.17) is 39.8 Å². The number of anilines is 2. The van der Waals surface area contributed by atoms with E-state index in [1.165, 1.54) is 4.57 Å². The van der Waals surface area contributed by atoms with Gasteiger partial charge >= 0.3 is 15.6 Å². The van der Waals surface area contributed by atoms with Crippen LogP contribution in [0.2, 0.25) is 0 Å². The molecule has 24 nitrogen and oxygen atoms in total. The average molecular weight is 692 g/mol. The molecule has 4 aromatic rings. The number of phosphoric acid groups is 2. The van der Waals surface area contributed by atoms with Crippen LogP contribution in [0.4, 0.5) is 11.8 Å². The molecule has 250 valence electrons. The van der Waals surface area contributed by atoms with Gasteiger partial charge in [0, 0.05) is 0 Å². The number of ether oxygens (including phenoxy) is 2. The number of nitrogens with zero attached hydrogens (tertiary/aromatic N) is 7. The molecule has 0 radical (unpaired) electrons. The molecule has 0 amide bonds. The van der Waals surface area contributed by atoms with Crippen molar-refractivity contribution in [2.75, 3.05) is 24.7 Å². The number of H-pyrrole nitrogens is 1. The maximum Gasteiger partial charge on any atom is 0.472 e. The molecule has 2 aliphatic rings. The van der Waals surface area contributed by atoms with Crippen LogP contribution in [0.5, 0.6) is 0 Å². The van der Waals surface area contributed by atoms with Crippen LogP contribution in [0.15, 0.2) is 23.8 Å². The molecular formula is C20H26N10O14P2. The van der Waals surface area contributed by atoms with Gasteiger partial charge in [0.25, 0.3) is 5.56 Å². The Balaban J connectivity index is 1.20. The Morgan fingerprint density at radius 1 is 0.848 bits per heavy atom. The lowest BCUT2D eigenvalue weighted by Crippen LogP contribution is -2.36. The van der Waals surface area contributed by atoms with Crippen LogP contribution >= 0.6 is 15.6 Å². The molecule has 0 aliphatic carbocycles. The molecule has 0 aromatic carbocycles. The third-order valence-corrected chi connectivity index (χ3v) is 8.57. The minimum absolute atomic E-state index is 0.0253. The number of nitrogens with one attached hydrogen (secondary N) is 1. The molecule has 0 bridgehead atoms. The monoisotopic (exact) mass is 692 g/mol. The summed E-state index contributed by atoms with van der Waals surface area (Å²) >= 11 is 0. The smallest absolute Gasteiger partial charge is 0.387 e. The molecule has 2 fully saturated rings. The van der Waals surface area contributed by atoms with Crippen LogP contribution in [0, 0.1) is 0 Å². The fourth-order valence-corrected chi connectivity index (χ4v) is 6.27. The van der Waals surface area contributed by atoms with Gasteiger partial charge in [-0.1, -0.05) is 0 Å². The second-order valence-corrected chi connectivity index (χ2v) is 12.7. The summed E-state index contributed by atoms with van der Waals surface area (Å²) in [6.07, 6.45) is -9.41. The summed E-state index contributed by atoms with van der Waals surface area (Å²) in [6, 6.07) is 0. The van der Waals surface area contributed by atoms with Gasteiger partial charge in [0.05, 0.1) is 25.9 Å². The summed E-state index contributed by atoms with van der Waals surface area (Å²) in [5, 5.41) is 32.2. The number of nitrogens with two attached hydrogens (primary N) is 2. The lowest BCUT2D eigenvalue weighted by molar-refractivity contribution is -0.0613. The topological polar surface area (TPSA) is 361 Å². The predicted molar refractivity (Wildman–Crippen MR) is 147 cm³/mol. The zero-order valence-corrected chi connectivity index (χ0v) is 24.7. The molecular weight excluding hydrogens is 666 g/mol. The number of hydrogen-bond donors (Lipinski definition) is 9. The van der Waals surface area contributed by atoms with Crippen LogP contribution in [0.3, 0.4) is 0 Å². The summed E-state index contributed by atoms with van der Waals surface area (Å²) in [7, 11) is -10.2. The minimum Gasteiger partial charge on any atom is -0.387 e. The second kappa shape index (κ2) is 12.0. The number of fused-ring (bicyclic) bond motifs is 2. The van der Waals surface area contributed by atoms with Crippen molar-refractivity contribution in [1.29, 1.82) is 0 Å². The maximum atomic E-state index is 13.1. The number of rotatable bonds is 10. The zero-order chi connectivity index (χ0) is 33.1. The Morgan fingerprint density at radius 3 is 2.20 bits per heavy atom. The van der Waals surface area contributed by atoms with Crippen molar-refractivity contribution in [2.24, 2.45) is 0 Å². The third kappa shape index (κ3) is 6.14. The highest BCUT2D eigenvalue weighted by molar-refractivity contribution is 7.47. The Bertz CT molecular complexity index is 1910. The van der Waals surface area contributed by atoms with E-state index in [-0.39, 0.29) is 34.1 Å². The molecule has 26 heteroatoms. The van der Waals surface area contributed by atoms with Gasteiger partial charge in [-0.25, -0.2) is 29.1 Å². The largest absolute Gasteiger partial charge is 0.472 e. The highest BCUT2D eigenvalue weighted by Gasteiger charge is 2.51. The first-order valence-corrected chi connectivity index (χ1v) is 16.0. The zero-order valence-electron chi connectivity index (χ0n) is 22.9. The van der Waals surface area contributed by atoms with E-state index < -0.39 is 83.5 Å². The van der Waals surface area contributed by atoms with Crippen molar-refractivity contribution < 1.29 is 62.2 Å². The molecule has 2 aliphatic heterocycles. The van der Waals surface area contributed by atoms with E-state index in [9.17, 15) is 34.1 Å². The van der Waals surface area contributed by atoms with Gasteiger partial charge in [-0.3, -0.25) is 32.5 Å².